The number of carbonyl (C=O) groups is 2. The zero-order valence-corrected chi connectivity index (χ0v) is 19.3. The van der Waals surface area contributed by atoms with Crippen molar-refractivity contribution in [2.45, 2.75) is 51.6 Å². The van der Waals surface area contributed by atoms with Crippen LogP contribution in [0.2, 0.25) is 0 Å². The zero-order chi connectivity index (χ0) is 23.8. The van der Waals surface area contributed by atoms with Gasteiger partial charge in [0.2, 0.25) is 0 Å². The minimum Gasteiger partial charge on any atom is -0.488 e. The van der Waals surface area contributed by atoms with Crippen molar-refractivity contribution in [1.82, 2.24) is 0 Å². The molecule has 0 fully saturated rings. The Kier molecular flexibility index (Phi) is 5.75. The van der Waals surface area contributed by atoms with Crippen LogP contribution in [0.1, 0.15) is 71.5 Å². The summed E-state index contributed by atoms with van der Waals surface area (Å²) in [6.07, 6.45) is 1.29. The van der Waals surface area contributed by atoms with Gasteiger partial charge in [-0.2, -0.15) is 0 Å². The summed E-state index contributed by atoms with van der Waals surface area (Å²) in [5.74, 6) is -0.542. The standard InChI is InChI=1S/C28H28O5/c1-27(2)17-28(3,4)33-24-16-19(10-13-23(24)27)26(31)32-21-11-12-22(25(29)30)20(15-21)14-18-8-6-5-7-9-18/h5-13,15-16H,14,17H2,1-4H3,(H,29,30). The molecule has 0 saturated carbocycles. The Morgan fingerprint density at radius 3 is 2.39 bits per heavy atom. The third-order valence-corrected chi connectivity index (χ3v) is 5.96. The predicted octanol–water partition coefficient (Wildman–Crippen LogP) is 6.03. The van der Waals surface area contributed by atoms with Crippen molar-refractivity contribution in [1.29, 1.82) is 0 Å². The van der Waals surface area contributed by atoms with Crippen LogP contribution < -0.4 is 9.47 Å². The van der Waals surface area contributed by atoms with Gasteiger partial charge in [0.05, 0.1) is 11.1 Å². The largest absolute Gasteiger partial charge is 0.488 e. The SMILES string of the molecule is CC1(C)CC(C)(C)c2ccc(C(=O)Oc3ccc(C(=O)O)c(Cc4ccccc4)c3)cc2O1. The molecule has 3 aromatic rings. The van der Waals surface area contributed by atoms with E-state index in [0.717, 1.165) is 17.5 Å². The first kappa shape index (κ1) is 22.6. The summed E-state index contributed by atoms with van der Waals surface area (Å²) >= 11 is 0. The molecule has 0 bridgehead atoms. The van der Waals surface area contributed by atoms with Crippen LogP contribution >= 0.6 is 0 Å². The average Bonchev–Trinajstić information content (AvgIpc) is 2.72. The minimum atomic E-state index is -1.02. The first-order valence-corrected chi connectivity index (χ1v) is 11.0. The molecular formula is C28H28O5. The van der Waals surface area contributed by atoms with Crippen LogP contribution in [0.15, 0.2) is 66.7 Å². The number of esters is 1. The van der Waals surface area contributed by atoms with Crippen LogP contribution in [0, 0.1) is 0 Å². The number of aromatic carboxylic acids is 1. The zero-order valence-electron chi connectivity index (χ0n) is 19.3. The topological polar surface area (TPSA) is 72.8 Å². The van der Waals surface area contributed by atoms with E-state index in [9.17, 15) is 14.7 Å². The van der Waals surface area contributed by atoms with Crippen molar-refractivity contribution in [3.05, 3.63) is 94.5 Å². The molecule has 0 saturated heterocycles. The fourth-order valence-electron chi connectivity index (χ4n) is 4.76. The second kappa shape index (κ2) is 8.39. The van der Waals surface area contributed by atoms with Gasteiger partial charge in [0.25, 0.3) is 0 Å². The van der Waals surface area contributed by atoms with E-state index in [1.54, 1.807) is 18.2 Å². The van der Waals surface area contributed by atoms with Gasteiger partial charge in [-0.05, 0) is 79.1 Å². The molecule has 0 aromatic heterocycles. The van der Waals surface area contributed by atoms with Crippen LogP contribution in [0.4, 0.5) is 0 Å². The Labute approximate surface area is 194 Å². The number of hydrogen-bond acceptors (Lipinski definition) is 4. The van der Waals surface area contributed by atoms with Crippen molar-refractivity contribution in [2.75, 3.05) is 0 Å². The third kappa shape index (κ3) is 4.92. The number of carboxylic acid groups (broad SMARTS) is 1. The van der Waals surface area contributed by atoms with Crippen molar-refractivity contribution in [3.63, 3.8) is 0 Å². The molecule has 0 spiro atoms. The molecule has 1 aliphatic heterocycles. The number of ether oxygens (including phenoxy) is 2. The first-order chi connectivity index (χ1) is 15.5. The second-order valence-corrected chi connectivity index (χ2v) is 9.81. The van der Waals surface area contributed by atoms with Gasteiger partial charge in [-0.15, -0.1) is 0 Å². The maximum Gasteiger partial charge on any atom is 0.343 e. The molecule has 0 unspecified atom stereocenters. The first-order valence-electron chi connectivity index (χ1n) is 11.0. The minimum absolute atomic E-state index is 0.0709. The van der Waals surface area contributed by atoms with Crippen molar-refractivity contribution in [3.8, 4) is 11.5 Å². The molecule has 1 aliphatic rings. The molecule has 33 heavy (non-hydrogen) atoms. The maximum atomic E-state index is 12.9. The van der Waals surface area contributed by atoms with E-state index in [1.165, 1.54) is 12.1 Å². The van der Waals surface area contributed by atoms with Gasteiger partial charge in [-0.3, -0.25) is 0 Å². The van der Waals surface area contributed by atoms with E-state index < -0.39 is 11.9 Å². The van der Waals surface area contributed by atoms with Crippen LogP contribution in [0.3, 0.4) is 0 Å². The van der Waals surface area contributed by atoms with Crippen LogP contribution in [-0.4, -0.2) is 22.6 Å². The molecule has 170 valence electrons. The highest BCUT2D eigenvalue weighted by Gasteiger charge is 2.39. The van der Waals surface area contributed by atoms with E-state index in [2.05, 4.69) is 13.8 Å². The normalized spacial score (nSPS) is 15.8. The lowest BCUT2D eigenvalue weighted by Gasteiger charge is -2.42. The number of fused-ring (bicyclic) bond motifs is 1. The molecule has 1 N–H and O–H groups in total. The van der Waals surface area contributed by atoms with Crippen LogP contribution in [-0.2, 0) is 11.8 Å². The molecule has 5 nitrogen and oxygen atoms in total. The molecule has 0 atom stereocenters. The number of rotatable bonds is 5. The number of benzene rings is 3. The van der Waals surface area contributed by atoms with E-state index >= 15 is 0 Å². The smallest absolute Gasteiger partial charge is 0.343 e. The Bertz CT molecular complexity index is 1210. The van der Waals surface area contributed by atoms with E-state index in [4.69, 9.17) is 9.47 Å². The summed E-state index contributed by atoms with van der Waals surface area (Å²) in [5, 5.41) is 9.57. The van der Waals surface area contributed by atoms with Crippen molar-refractivity contribution < 1.29 is 24.2 Å². The highest BCUT2D eigenvalue weighted by atomic mass is 16.5. The Hall–Kier alpha value is -3.60. The van der Waals surface area contributed by atoms with Crippen molar-refractivity contribution >= 4 is 11.9 Å². The van der Waals surface area contributed by atoms with Gasteiger partial charge >= 0.3 is 11.9 Å². The highest BCUT2D eigenvalue weighted by Crippen LogP contribution is 2.44. The fourth-order valence-corrected chi connectivity index (χ4v) is 4.76. The van der Waals surface area contributed by atoms with Gasteiger partial charge in [0.15, 0.2) is 0 Å². The Morgan fingerprint density at radius 1 is 0.970 bits per heavy atom. The third-order valence-electron chi connectivity index (χ3n) is 5.96. The van der Waals surface area contributed by atoms with E-state index in [0.29, 0.717) is 29.0 Å². The van der Waals surface area contributed by atoms with Gasteiger partial charge < -0.3 is 14.6 Å². The summed E-state index contributed by atoms with van der Waals surface area (Å²) < 4.78 is 11.8. The molecule has 4 rings (SSSR count). The molecule has 1 heterocycles. The second-order valence-electron chi connectivity index (χ2n) is 9.81. The lowest BCUT2D eigenvalue weighted by atomic mass is 9.73. The summed E-state index contributed by atoms with van der Waals surface area (Å²) in [6, 6.07) is 19.6. The quantitative estimate of drug-likeness (QED) is 0.384. The molecule has 0 aliphatic carbocycles. The number of carboxylic acids is 1. The Balaban J connectivity index is 1.60. The van der Waals surface area contributed by atoms with Crippen LogP contribution in [0.5, 0.6) is 11.5 Å². The summed E-state index contributed by atoms with van der Waals surface area (Å²) in [6.45, 7) is 8.43. The fraction of sp³-hybridized carbons (Fsp3) is 0.286. The van der Waals surface area contributed by atoms with Crippen LogP contribution in [0.25, 0.3) is 0 Å². The molecule has 3 aromatic carbocycles. The monoisotopic (exact) mass is 444 g/mol. The highest BCUT2D eigenvalue weighted by molar-refractivity contribution is 5.92. The Morgan fingerprint density at radius 2 is 1.70 bits per heavy atom. The molecule has 0 radical (unpaired) electrons. The molecule has 5 heteroatoms. The summed E-state index contributed by atoms with van der Waals surface area (Å²) in [5.41, 5.74) is 2.78. The lowest BCUT2D eigenvalue weighted by molar-refractivity contribution is 0.0526. The maximum absolute atomic E-state index is 12.9. The van der Waals surface area contributed by atoms with E-state index in [-0.39, 0.29) is 16.6 Å². The number of hydrogen-bond donors (Lipinski definition) is 1. The summed E-state index contributed by atoms with van der Waals surface area (Å²) in [4.78, 5) is 24.6. The predicted molar refractivity (Wildman–Crippen MR) is 126 cm³/mol. The van der Waals surface area contributed by atoms with Gasteiger partial charge in [-0.1, -0.05) is 50.2 Å². The summed E-state index contributed by atoms with van der Waals surface area (Å²) in [7, 11) is 0. The lowest BCUT2D eigenvalue weighted by Crippen LogP contribution is -2.41. The molecular weight excluding hydrogens is 416 g/mol. The molecule has 0 amide bonds. The van der Waals surface area contributed by atoms with Gasteiger partial charge in [0.1, 0.15) is 17.1 Å². The van der Waals surface area contributed by atoms with Gasteiger partial charge in [0, 0.05) is 0 Å². The van der Waals surface area contributed by atoms with E-state index in [1.807, 2.05) is 50.2 Å². The van der Waals surface area contributed by atoms with Gasteiger partial charge in [-0.25, -0.2) is 9.59 Å². The number of carbonyl (C=O) groups excluding carboxylic acids is 1. The van der Waals surface area contributed by atoms with Crippen molar-refractivity contribution in [2.24, 2.45) is 0 Å². The average molecular weight is 445 g/mol.